The molecule has 0 spiro atoms. The Balaban J connectivity index is 2.20. The summed E-state index contributed by atoms with van der Waals surface area (Å²) < 4.78 is 31.3. The van der Waals surface area contributed by atoms with E-state index in [4.69, 9.17) is 9.84 Å². The van der Waals surface area contributed by atoms with Crippen molar-refractivity contribution in [2.75, 3.05) is 24.6 Å². The van der Waals surface area contributed by atoms with Crippen molar-refractivity contribution in [1.82, 2.24) is 0 Å². The van der Waals surface area contributed by atoms with E-state index < -0.39 is 21.2 Å². The van der Waals surface area contributed by atoms with Gasteiger partial charge in [0.15, 0.2) is 0 Å². The summed E-state index contributed by atoms with van der Waals surface area (Å²) in [4.78, 5) is 10.8. The zero-order chi connectivity index (χ0) is 14.8. The molecule has 1 N–H and O–H groups in total. The van der Waals surface area contributed by atoms with Gasteiger partial charge in [-0.1, -0.05) is 0 Å². The molecule has 0 atom stereocenters. The van der Waals surface area contributed by atoms with Crippen LogP contribution in [0, 0.1) is 0 Å². The molecule has 7 heteroatoms. The second kappa shape index (κ2) is 5.80. The van der Waals surface area contributed by atoms with Gasteiger partial charge >= 0.3 is 5.97 Å². The normalized spacial score (nSPS) is 16.9. The largest absolute Gasteiger partial charge is 0.478 e. The number of anilines is 1. The summed E-state index contributed by atoms with van der Waals surface area (Å²) in [7, 11) is -1.96. The average Bonchev–Trinajstić information content (AvgIpc) is 2.47. The predicted molar refractivity (Wildman–Crippen MR) is 74.6 cm³/mol. The molecule has 1 aliphatic heterocycles. The highest BCUT2D eigenvalue weighted by molar-refractivity contribution is 7.93. The SMILES string of the molecule is CN(c1ccc(C(=O)O)cc1)S(=O)(=O)C1CCOCC1. The Hall–Kier alpha value is -1.60. The van der Waals surface area contributed by atoms with Gasteiger partial charge in [-0.25, -0.2) is 13.2 Å². The monoisotopic (exact) mass is 299 g/mol. The summed E-state index contributed by atoms with van der Waals surface area (Å²) >= 11 is 0. The first-order chi connectivity index (χ1) is 9.43. The van der Waals surface area contributed by atoms with E-state index in [2.05, 4.69) is 0 Å². The Morgan fingerprint density at radius 3 is 2.30 bits per heavy atom. The van der Waals surface area contributed by atoms with Crippen molar-refractivity contribution in [2.45, 2.75) is 18.1 Å². The van der Waals surface area contributed by atoms with Crippen molar-refractivity contribution in [3.05, 3.63) is 29.8 Å². The number of carbonyl (C=O) groups is 1. The van der Waals surface area contributed by atoms with Gasteiger partial charge < -0.3 is 9.84 Å². The lowest BCUT2D eigenvalue weighted by Gasteiger charge is -2.28. The summed E-state index contributed by atoms with van der Waals surface area (Å²) in [6.07, 6.45) is 0.972. The number of hydrogen-bond acceptors (Lipinski definition) is 4. The number of benzene rings is 1. The van der Waals surface area contributed by atoms with Gasteiger partial charge in [-0.05, 0) is 37.1 Å². The molecule has 1 fully saturated rings. The van der Waals surface area contributed by atoms with Crippen LogP contribution in [0.2, 0.25) is 0 Å². The molecule has 110 valence electrons. The molecule has 0 bridgehead atoms. The van der Waals surface area contributed by atoms with Crippen molar-refractivity contribution < 1.29 is 23.1 Å². The van der Waals surface area contributed by atoms with Crippen molar-refractivity contribution in [3.63, 3.8) is 0 Å². The molecule has 1 aliphatic rings. The predicted octanol–water partition coefficient (Wildman–Crippen LogP) is 1.33. The molecule has 0 amide bonds. The maximum absolute atomic E-state index is 12.5. The van der Waals surface area contributed by atoms with Crippen LogP contribution in [0.15, 0.2) is 24.3 Å². The lowest BCUT2D eigenvalue weighted by molar-refractivity contribution is 0.0697. The minimum Gasteiger partial charge on any atom is -0.478 e. The molecule has 0 unspecified atom stereocenters. The molecular weight excluding hydrogens is 282 g/mol. The van der Waals surface area contributed by atoms with E-state index in [0.29, 0.717) is 31.7 Å². The standard InChI is InChI=1S/C13H17NO5S/c1-14(11-4-2-10(3-5-11)13(15)16)20(17,18)12-6-8-19-9-7-12/h2-5,12H,6-9H2,1H3,(H,15,16). The highest BCUT2D eigenvalue weighted by atomic mass is 32.2. The smallest absolute Gasteiger partial charge is 0.335 e. The highest BCUT2D eigenvalue weighted by Crippen LogP contribution is 2.24. The van der Waals surface area contributed by atoms with E-state index in [0.717, 1.165) is 0 Å². The molecule has 6 nitrogen and oxygen atoms in total. The van der Waals surface area contributed by atoms with E-state index in [9.17, 15) is 13.2 Å². The van der Waals surface area contributed by atoms with E-state index in [1.54, 1.807) is 0 Å². The van der Waals surface area contributed by atoms with Gasteiger partial charge in [0, 0.05) is 20.3 Å². The van der Waals surface area contributed by atoms with Gasteiger partial charge in [0.1, 0.15) is 0 Å². The van der Waals surface area contributed by atoms with Gasteiger partial charge in [0.05, 0.1) is 16.5 Å². The fourth-order valence-electron chi connectivity index (χ4n) is 2.16. The van der Waals surface area contributed by atoms with Gasteiger partial charge in [0.25, 0.3) is 0 Å². The van der Waals surface area contributed by atoms with Crippen molar-refractivity contribution in [1.29, 1.82) is 0 Å². The third-order valence-electron chi connectivity index (χ3n) is 3.45. The third kappa shape index (κ3) is 2.94. The number of ether oxygens (including phenoxy) is 1. The summed E-state index contributed by atoms with van der Waals surface area (Å²) in [5, 5.41) is 8.39. The van der Waals surface area contributed by atoms with Crippen LogP contribution < -0.4 is 4.31 Å². The number of carboxylic acid groups (broad SMARTS) is 1. The van der Waals surface area contributed by atoms with E-state index >= 15 is 0 Å². The molecule has 1 heterocycles. The molecule has 1 aromatic rings. The van der Waals surface area contributed by atoms with E-state index in [-0.39, 0.29) is 5.56 Å². The zero-order valence-electron chi connectivity index (χ0n) is 11.2. The maximum atomic E-state index is 12.5. The topological polar surface area (TPSA) is 83.9 Å². The van der Waals surface area contributed by atoms with Crippen LogP contribution in [0.1, 0.15) is 23.2 Å². The van der Waals surface area contributed by atoms with Crippen molar-refractivity contribution in [2.24, 2.45) is 0 Å². The minimum absolute atomic E-state index is 0.130. The Morgan fingerprint density at radius 2 is 1.80 bits per heavy atom. The molecule has 2 rings (SSSR count). The Morgan fingerprint density at radius 1 is 1.25 bits per heavy atom. The highest BCUT2D eigenvalue weighted by Gasteiger charge is 2.31. The van der Waals surface area contributed by atoms with Crippen LogP contribution in [0.3, 0.4) is 0 Å². The number of hydrogen-bond donors (Lipinski definition) is 1. The van der Waals surface area contributed by atoms with Crippen LogP contribution in [-0.4, -0.2) is 45.0 Å². The Bertz CT molecular complexity index is 575. The fraction of sp³-hybridized carbons (Fsp3) is 0.462. The molecule has 0 radical (unpaired) electrons. The quantitative estimate of drug-likeness (QED) is 0.906. The summed E-state index contributed by atoms with van der Waals surface area (Å²) in [5.41, 5.74) is 0.590. The number of aromatic carboxylic acids is 1. The minimum atomic E-state index is -3.44. The van der Waals surface area contributed by atoms with Crippen LogP contribution >= 0.6 is 0 Å². The first-order valence-electron chi connectivity index (χ1n) is 6.32. The molecule has 20 heavy (non-hydrogen) atoms. The van der Waals surface area contributed by atoms with Gasteiger partial charge in [-0.15, -0.1) is 0 Å². The summed E-state index contributed by atoms with van der Waals surface area (Å²) in [6, 6.07) is 5.79. The zero-order valence-corrected chi connectivity index (χ0v) is 12.0. The van der Waals surface area contributed by atoms with Crippen LogP contribution in [0.25, 0.3) is 0 Å². The van der Waals surface area contributed by atoms with Crippen LogP contribution in [0.4, 0.5) is 5.69 Å². The lowest BCUT2D eigenvalue weighted by atomic mass is 10.2. The van der Waals surface area contributed by atoms with E-state index in [1.165, 1.54) is 35.6 Å². The number of nitrogens with zero attached hydrogens (tertiary/aromatic N) is 1. The number of carboxylic acids is 1. The molecule has 1 saturated heterocycles. The molecular formula is C13H17NO5S. The third-order valence-corrected chi connectivity index (χ3v) is 5.74. The number of rotatable bonds is 4. The Labute approximate surface area is 118 Å². The second-order valence-corrected chi connectivity index (χ2v) is 6.92. The maximum Gasteiger partial charge on any atom is 0.335 e. The molecule has 0 aromatic heterocycles. The first kappa shape index (κ1) is 14.8. The van der Waals surface area contributed by atoms with Crippen molar-refractivity contribution >= 4 is 21.7 Å². The summed E-state index contributed by atoms with van der Waals surface area (Å²) in [5.74, 6) is -1.04. The van der Waals surface area contributed by atoms with Gasteiger partial charge in [-0.2, -0.15) is 0 Å². The molecule has 0 aliphatic carbocycles. The van der Waals surface area contributed by atoms with E-state index in [1.807, 2.05) is 0 Å². The van der Waals surface area contributed by atoms with Crippen molar-refractivity contribution in [3.8, 4) is 0 Å². The number of sulfonamides is 1. The van der Waals surface area contributed by atoms with Crippen LogP contribution in [0.5, 0.6) is 0 Å². The first-order valence-corrected chi connectivity index (χ1v) is 7.82. The fourth-order valence-corrected chi connectivity index (χ4v) is 3.81. The second-order valence-electron chi connectivity index (χ2n) is 4.68. The van der Waals surface area contributed by atoms with Gasteiger partial charge in [-0.3, -0.25) is 4.31 Å². The summed E-state index contributed by atoms with van der Waals surface area (Å²) in [6.45, 7) is 0.908. The van der Waals surface area contributed by atoms with Gasteiger partial charge in [0.2, 0.25) is 10.0 Å². The average molecular weight is 299 g/mol. The molecule has 1 aromatic carbocycles. The molecule has 0 saturated carbocycles. The Kier molecular flexibility index (Phi) is 4.29. The van der Waals surface area contributed by atoms with Crippen LogP contribution in [-0.2, 0) is 14.8 Å². The lowest BCUT2D eigenvalue weighted by Crippen LogP contribution is -2.39.